The van der Waals surface area contributed by atoms with Crippen LogP contribution in [0.2, 0.25) is 0 Å². The minimum atomic E-state index is -0.00141. The number of halogens is 1. The minimum Gasteiger partial charge on any atom is -0.461 e. The molecule has 2 aromatic rings. The molecule has 0 saturated heterocycles. The molecule has 0 amide bonds. The summed E-state index contributed by atoms with van der Waals surface area (Å²) in [5.41, 5.74) is 2.05. The number of nitrogens with one attached hydrogen (secondary N) is 2. The quantitative estimate of drug-likeness (QED) is 0.858. The Kier molecular flexibility index (Phi) is 4.95. The highest BCUT2D eigenvalue weighted by Gasteiger charge is 2.09. The smallest absolute Gasteiger partial charge is 0.323 e. The van der Waals surface area contributed by atoms with Crippen LogP contribution in [-0.2, 0) is 0 Å². The van der Waals surface area contributed by atoms with E-state index >= 15 is 0 Å². The van der Waals surface area contributed by atoms with Gasteiger partial charge in [-0.25, -0.2) is 0 Å². The largest absolute Gasteiger partial charge is 0.461 e. The fraction of sp³-hybridized carbons (Fsp3) is 0.357. The number of aromatic nitrogens is 3. The lowest BCUT2D eigenvalue weighted by Crippen LogP contribution is -2.11. The van der Waals surface area contributed by atoms with Crippen LogP contribution in [0, 0.1) is 6.92 Å². The van der Waals surface area contributed by atoms with E-state index in [1.54, 1.807) is 7.05 Å². The van der Waals surface area contributed by atoms with Crippen molar-refractivity contribution in [3.05, 3.63) is 28.2 Å². The second-order valence-electron chi connectivity index (χ2n) is 4.77. The number of hydrogen-bond acceptors (Lipinski definition) is 6. The maximum absolute atomic E-state index is 5.53. The summed E-state index contributed by atoms with van der Waals surface area (Å²) < 4.78 is 6.55. The standard InChI is InChI=1S/C14H18BrN5O/c1-8(2)21-14-19-12(16-4)18-13(20-14)17-10-6-5-9(3)11(15)7-10/h5-8H,1-4H3,(H2,16,17,18,19,20). The van der Waals surface area contributed by atoms with Crippen LogP contribution in [-0.4, -0.2) is 28.1 Å². The van der Waals surface area contributed by atoms with Gasteiger partial charge in [-0.1, -0.05) is 22.0 Å². The lowest BCUT2D eigenvalue weighted by molar-refractivity contribution is 0.222. The van der Waals surface area contributed by atoms with Gasteiger partial charge in [-0.3, -0.25) is 0 Å². The Morgan fingerprint density at radius 3 is 2.48 bits per heavy atom. The minimum absolute atomic E-state index is 0.00141. The molecule has 7 heteroatoms. The molecule has 0 bridgehead atoms. The second kappa shape index (κ2) is 6.71. The third kappa shape index (κ3) is 4.29. The van der Waals surface area contributed by atoms with Crippen molar-refractivity contribution in [1.82, 2.24) is 15.0 Å². The van der Waals surface area contributed by atoms with Gasteiger partial charge in [-0.2, -0.15) is 15.0 Å². The van der Waals surface area contributed by atoms with E-state index in [4.69, 9.17) is 4.74 Å². The van der Waals surface area contributed by atoms with Gasteiger partial charge in [0.1, 0.15) is 0 Å². The highest BCUT2D eigenvalue weighted by molar-refractivity contribution is 9.10. The number of ether oxygens (including phenoxy) is 1. The predicted molar refractivity (Wildman–Crippen MR) is 87.3 cm³/mol. The van der Waals surface area contributed by atoms with Crippen LogP contribution in [0.3, 0.4) is 0 Å². The topological polar surface area (TPSA) is 72.0 Å². The number of benzene rings is 1. The SMILES string of the molecule is CNc1nc(Nc2ccc(C)c(Br)c2)nc(OC(C)C)n1. The average Bonchev–Trinajstić information content (AvgIpc) is 2.42. The summed E-state index contributed by atoms with van der Waals surface area (Å²) in [6, 6.07) is 6.24. The number of aryl methyl sites for hydroxylation is 1. The van der Waals surface area contributed by atoms with Crippen molar-refractivity contribution in [2.45, 2.75) is 26.9 Å². The molecule has 1 aromatic heterocycles. The molecule has 0 aliphatic heterocycles. The molecule has 6 nitrogen and oxygen atoms in total. The molecule has 0 saturated carbocycles. The summed E-state index contributed by atoms with van der Waals surface area (Å²) in [6.07, 6.45) is -0.00141. The molecule has 0 spiro atoms. The third-order valence-corrected chi connectivity index (χ3v) is 3.46. The van der Waals surface area contributed by atoms with Gasteiger partial charge in [0.2, 0.25) is 11.9 Å². The van der Waals surface area contributed by atoms with E-state index in [0.29, 0.717) is 11.9 Å². The van der Waals surface area contributed by atoms with E-state index in [1.807, 2.05) is 39.0 Å². The molecule has 112 valence electrons. The Labute approximate surface area is 132 Å². The predicted octanol–water partition coefficient (Wildman–Crippen LogP) is 3.52. The van der Waals surface area contributed by atoms with Crippen molar-refractivity contribution in [2.24, 2.45) is 0 Å². The van der Waals surface area contributed by atoms with Crippen LogP contribution in [0.25, 0.3) is 0 Å². The Morgan fingerprint density at radius 1 is 1.14 bits per heavy atom. The molecule has 2 N–H and O–H groups in total. The van der Waals surface area contributed by atoms with Crippen LogP contribution in [0.15, 0.2) is 22.7 Å². The molecule has 0 atom stereocenters. The Bertz CT molecular complexity index is 633. The van der Waals surface area contributed by atoms with E-state index in [1.165, 1.54) is 0 Å². The average molecular weight is 352 g/mol. The first-order chi connectivity index (χ1) is 9.97. The zero-order chi connectivity index (χ0) is 15.4. The summed E-state index contributed by atoms with van der Waals surface area (Å²) in [5.74, 6) is 0.884. The van der Waals surface area contributed by atoms with E-state index < -0.39 is 0 Å². The highest BCUT2D eigenvalue weighted by atomic mass is 79.9. The summed E-state index contributed by atoms with van der Waals surface area (Å²) in [6.45, 7) is 5.88. The molecule has 2 rings (SSSR count). The van der Waals surface area contributed by atoms with E-state index in [9.17, 15) is 0 Å². The number of anilines is 3. The summed E-state index contributed by atoms with van der Waals surface area (Å²) in [7, 11) is 1.75. The van der Waals surface area contributed by atoms with Crippen LogP contribution in [0.5, 0.6) is 6.01 Å². The van der Waals surface area contributed by atoms with Crippen molar-refractivity contribution in [1.29, 1.82) is 0 Å². The van der Waals surface area contributed by atoms with Gasteiger partial charge in [0, 0.05) is 17.2 Å². The normalized spacial score (nSPS) is 10.6. The molecule has 21 heavy (non-hydrogen) atoms. The summed E-state index contributed by atoms with van der Waals surface area (Å²) in [5, 5.41) is 6.04. The van der Waals surface area contributed by atoms with Gasteiger partial charge in [0.15, 0.2) is 0 Å². The number of hydrogen-bond donors (Lipinski definition) is 2. The zero-order valence-electron chi connectivity index (χ0n) is 12.4. The lowest BCUT2D eigenvalue weighted by atomic mass is 10.2. The first-order valence-corrected chi connectivity index (χ1v) is 7.41. The van der Waals surface area contributed by atoms with E-state index in [2.05, 4.69) is 41.5 Å². The maximum Gasteiger partial charge on any atom is 0.323 e. The van der Waals surface area contributed by atoms with Gasteiger partial charge in [0.25, 0.3) is 0 Å². The third-order valence-electron chi connectivity index (χ3n) is 2.61. The van der Waals surface area contributed by atoms with Crippen LogP contribution in [0.4, 0.5) is 17.6 Å². The van der Waals surface area contributed by atoms with E-state index in [-0.39, 0.29) is 12.1 Å². The van der Waals surface area contributed by atoms with Crippen molar-refractivity contribution < 1.29 is 4.74 Å². The molecule has 0 unspecified atom stereocenters. The zero-order valence-corrected chi connectivity index (χ0v) is 14.0. The molecule has 1 heterocycles. The Balaban J connectivity index is 2.27. The molecular weight excluding hydrogens is 334 g/mol. The molecule has 1 aromatic carbocycles. The first kappa shape index (κ1) is 15.5. The van der Waals surface area contributed by atoms with Crippen LogP contribution in [0.1, 0.15) is 19.4 Å². The van der Waals surface area contributed by atoms with Crippen molar-refractivity contribution in [3.63, 3.8) is 0 Å². The van der Waals surface area contributed by atoms with Gasteiger partial charge in [-0.05, 0) is 38.5 Å². The number of rotatable bonds is 5. The maximum atomic E-state index is 5.53. The second-order valence-corrected chi connectivity index (χ2v) is 5.63. The van der Waals surface area contributed by atoms with Gasteiger partial charge in [-0.15, -0.1) is 0 Å². The summed E-state index contributed by atoms with van der Waals surface area (Å²) in [4.78, 5) is 12.7. The van der Waals surface area contributed by atoms with Crippen LogP contribution >= 0.6 is 15.9 Å². The Morgan fingerprint density at radius 2 is 1.86 bits per heavy atom. The fourth-order valence-corrected chi connectivity index (χ4v) is 1.97. The molecule has 0 aliphatic carbocycles. The fourth-order valence-electron chi connectivity index (χ4n) is 1.59. The lowest BCUT2D eigenvalue weighted by Gasteiger charge is -2.11. The van der Waals surface area contributed by atoms with Gasteiger partial charge in [0.05, 0.1) is 6.10 Å². The molecule has 0 fully saturated rings. The Hall–Kier alpha value is -1.89. The molecule has 0 aliphatic rings. The van der Waals surface area contributed by atoms with Crippen molar-refractivity contribution in [3.8, 4) is 6.01 Å². The molecular formula is C14H18BrN5O. The van der Waals surface area contributed by atoms with Crippen molar-refractivity contribution >= 4 is 33.5 Å². The van der Waals surface area contributed by atoms with Gasteiger partial charge < -0.3 is 15.4 Å². The van der Waals surface area contributed by atoms with E-state index in [0.717, 1.165) is 15.7 Å². The van der Waals surface area contributed by atoms with Crippen molar-refractivity contribution in [2.75, 3.05) is 17.7 Å². The summed E-state index contributed by atoms with van der Waals surface area (Å²) >= 11 is 3.50. The first-order valence-electron chi connectivity index (χ1n) is 6.61. The highest BCUT2D eigenvalue weighted by Crippen LogP contribution is 2.23. The molecule has 0 radical (unpaired) electrons. The van der Waals surface area contributed by atoms with Gasteiger partial charge >= 0.3 is 6.01 Å². The number of nitrogens with zero attached hydrogens (tertiary/aromatic N) is 3. The van der Waals surface area contributed by atoms with Crippen LogP contribution < -0.4 is 15.4 Å². The monoisotopic (exact) mass is 351 g/mol.